The normalized spacial score (nSPS) is 12.2. The van der Waals surface area contributed by atoms with Gasteiger partial charge in [0, 0.05) is 24.2 Å². The van der Waals surface area contributed by atoms with Crippen molar-refractivity contribution in [1.29, 1.82) is 0 Å². The molecule has 0 heterocycles. The highest BCUT2D eigenvalue weighted by Crippen LogP contribution is 2.24. The van der Waals surface area contributed by atoms with Gasteiger partial charge in [-0.05, 0) is 52.4 Å². The zero-order valence-electron chi connectivity index (χ0n) is 13.8. The minimum absolute atomic E-state index is 0.157. The van der Waals surface area contributed by atoms with Crippen molar-refractivity contribution < 1.29 is 13.2 Å². The van der Waals surface area contributed by atoms with Gasteiger partial charge in [-0.15, -0.1) is 0 Å². The second kappa shape index (κ2) is 7.21. The highest BCUT2D eigenvalue weighted by atomic mass is 32.2. The minimum atomic E-state index is -3.64. The molecule has 0 bridgehead atoms. The van der Waals surface area contributed by atoms with Crippen LogP contribution >= 0.6 is 0 Å². The summed E-state index contributed by atoms with van der Waals surface area (Å²) in [6.07, 6.45) is 0.327. The van der Waals surface area contributed by atoms with Gasteiger partial charge in [0.2, 0.25) is 15.9 Å². The molecular formula is C15H25N3O3S. The number of carbonyl (C=O) groups excluding carboxylic acids is 1. The first-order valence-electron chi connectivity index (χ1n) is 7.15. The number of sulfonamides is 1. The summed E-state index contributed by atoms with van der Waals surface area (Å²) in [5.41, 5.74) is 0.465. The Morgan fingerprint density at radius 3 is 2.41 bits per heavy atom. The summed E-state index contributed by atoms with van der Waals surface area (Å²) >= 11 is 0. The highest BCUT2D eigenvalue weighted by Gasteiger charge is 2.24. The highest BCUT2D eigenvalue weighted by molar-refractivity contribution is 7.89. The maximum atomic E-state index is 12.4. The zero-order valence-corrected chi connectivity index (χ0v) is 14.6. The summed E-state index contributed by atoms with van der Waals surface area (Å²) in [5, 5.41) is 5.64. The van der Waals surface area contributed by atoms with Gasteiger partial charge in [-0.1, -0.05) is 6.07 Å². The Morgan fingerprint density at radius 2 is 1.86 bits per heavy atom. The summed E-state index contributed by atoms with van der Waals surface area (Å²) < 4.78 is 27.5. The van der Waals surface area contributed by atoms with Crippen LogP contribution in [0.15, 0.2) is 23.1 Å². The Hall–Kier alpha value is -1.44. The molecule has 6 nitrogen and oxygen atoms in total. The van der Waals surface area contributed by atoms with E-state index < -0.39 is 15.6 Å². The first-order valence-corrected chi connectivity index (χ1v) is 8.63. The van der Waals surface area contributed by atoms with Gasteiger partial charge >= 0.3 is 0 Å². The molecule has 124 valence electrons. The maximum Gasteiger partial charge on any atom is 0.241 e. The average molecular weight is 327 g/mol. The van der Waals surface area contributed by atoms with Crippen molar-refractivity contribution in [1.82, 2.24) is 10.0 Å². The van der Waals surface area contributed by atoms with Crippen LogP contribution in [0.4, 0.5) is 5.69 Å². The molecule has 0 radical (unpaired) electrons. The lowest BCUT2D eigenvalue weighted by Crippen LogP contribution is -2.40. The van der Waals surface area contributed by atoms with Gasteiger partial charge in [-0.25, -0.2) is 13.1 Å². The fraction of sp³-hybridized carbons (Fsp3) is 0.533. The largest absolute Gasteiger partial charge is 0.326 e. The van der Waals surface area contributed by atoms with E-state index in [9.17, 15) is 13.2 Å². The number of carbonyl (C=O) groups is 1. The summed E-state index contributed by atoms with van der Waals surface area (Å²) in [6, 6.07) is 4.85. The van der Waals surface area contributed by atoms with Crippen LogP contribution in [0.25, 0.3) is 0 Å². The van der Waals surface area contributed by atoms with Crippen LogP contribution in [0.5, 0.6) is 0 Å². The fourth-order valence-corrected chi connectivity index (χ4v) is 3.64. The molecule has 0 atom stereocenters. The Morgan fingerprint density at radius 1 is 1.23 bits per heavy atom. The van der Waals surface area contributed by atoms with Crippen molar-refractivity contribution in [3.8, 4) is 0 Å². The first kappa shape index (κ1) is 18.6. The van der Waals surface area contributed by atoms with E-state index in [1.165, 1.54) is 6.07 Å². The predicted octanol–water partition coefficient (Wildman–Crippen LogP) is 1.62. The SMILES string of the molecule is CNCCC(=O)Nc1cccc(S(=O)(=O)NC(C)(C)C)c1C. The molecule has 1 rings (SSSR count). The third-order valence-electron chi connectivity index (χ3n) is 2.89. The van der Waals surface area contributed by atoms with Gasteiger partial charge in [0.25, 0.3) is 0 Å². The third-order valence-corrected chi connectivity index (χ3v) is 4.79. The number of anilines is 1. The first-order chi connectivity index (χ1) is 10.1. The van der Waals surface area contributed by atoms with E-state index in [1.54, 1.807) is 46.9 Å². The number of nitrogens with one attached hydrogen (secondary N) is 3. The van der Waals surface area contributed by atoms with E-state index in [1.807, 2.05) is 0 Å². The molecule has 7 heteroatoms. The standard InChI is InChI=1S/C15H25N3O3S/c1-11-12(17-14(19)9-10-16-5)7-6-8-13(11)22(20,21)18-15(2,3)4/h6-8,16,18H,9-10H2,1-5H3,(H,17,19). The Bertz CT molecular complexity index is 634. The van der Waals surface area contributed by atoms with Crippen molar-refractivity contribution in [2.75, 3.05) is 18.9 Å². The predicted molar refractivity (Wildman–Crippen MR) is 88.4 cm³/mol. The maximum absolute atomic E-state index is 12.4. The lowest BCUT2D eigenvalue weighted by atomic mass is 10.1. The molecule has 0 spiro atoms. The number of benzene rings is 1. The molecule has 0 aliphatic heterocycles. The number of hydrogen-bond donors (Lipinski definition) is 3. The van der Waals surface area contributed by atoms with E-state index in [4.69, 9.17) is 0 Å². The van der Waals surface area contributed by atoms with Crippen LogP contribution in [-0.4, -0.2) is 33.5 Å². The second-order valence-electron chi connectivity index (χ2n) is 6.19. The molecule has 0 aromatic heterocycles. The van der Waals surface area contributed by atoms with E-state index >= 15 is 0 Å². The molecule has 1 aromatic carbocycles. The quantitative estimate of drug-likeness (QED) is 0.741. The summed E-state index contributed by atoms with van der Waals surface area (Å²) in [4.78, 5) is 12.0. The number of rotatable bonds is 6. The monoisotopic (exact) mass is 327 g/mol. The van der Waals surface area contributed by atoms with Crippen molar-refractivity contribution in [3.63, 3.8) is 0 Å². The molecule has 3 N–H and O–H groups in total. The van der Waals surface area contributed by atoms with Crippen LogP contribution in [0.3, 0.4) is 0 Å². The van der Waals surface area contributed by atoms with Crippen molar-refractivity contribution >= 4 is 21.6 Å². The van der Waals surface area contributed by atoms with E-state index in [-0.39, 0.29) is 10.8 Å². The average Bonchev–Trinajstić information content (AvgIpc) is 2.35. The third kappa shape index (κ3) is 5.40. The van der Waals surface area contributed by atoms with Crippen molar-refractivity contribution in [3.05, 3.63) is 23.8 Å². The van der Waals surface area contributed by atoms with Gasteiger partial charge < -0.3 is 10.6 Å². The van der Waals surface area contributed by atoms with Gasteiger partial charge in [0.1, 0.15) is 0 Å². The van der Waals surface area contributed by atoms with E-state index in [2.05, 4.69) is 15.4 Å². The van der Waals surface area contributed by atoms with Gasteiger partial charge in [0.05, 0.1) is 4.90 Å². The van der Waals surface area contributed by atoms with Crippen LogP contribution in [0.1, 0.15) is 32.8 Å². The zero-order chi connectivity index (χ0) is 17.0. The lowest BCUT2D eigenvalue weighted by molar-refractivity contribution is -0.116. The summed E-state index contributed by atoms with van der Waals surface area (Å²) in [5.74, 6) is -0.157. The Labute approximate surface area is 132 Å². The fourth-order valence-electron chi connectivity index (χ4n) is 1.95. The van der Waals surface area contributed by atoms with Crippen LogP contribution in [0.2, 0.25) is 0 Å². The Kier molecular flexibility index (Phi) is 6.10. The van der Waals surface area contributed by atoms with Crippen molar-refractivity contribution in [2.24, 2.45) is 0 Å². The molecule has 1 aromatic rings. The molecule has 0 fully saturated rings. The van der Waals surface area contributed by atoms with Gasteiger partial charge in [-0.2, -0.15) is 0 Å². The van der Waals surface area contributed by atoms with Crippen LogP contribution in [0, 0.1) is 6.92 Å². The number of amides is 1. The van der Waals surface area contributed by atoms with Crippen molar-refractivity contribution in [2.45, 2.75) is 44.6 Å². The van der Waals surface area contributed by atoms with Gasteiger partial charge in [-0.3, -0.25) is 4.79 Å². The molecule has 0 aliphatic carbocycles. The molecule has 1 amide bonds. The number of hydrogen-bond acceptors (Lipinski definition) is 4. The summed E-state index contributed by atoms with van der Waals surface area (Å²) in [7, 11) is -1.87. The lowest BCUT2D eigenvalue weighted by Gasteiger charge is -2.22. The van der Waals surface area contributed by atoms with Crippen LogP contribution in [-0.2, 0) is 14.8 Å². The minimum Gasteiger partial charge on any atom is -0.326 e. The Balaban J connectivity index is 3.05. The molecule has 0 saturated heterocycles. The van der Waals surface area contributed by atoms with E-state index in [0.29, 0.717) is 24.2 Å². The molecule has 0 unspecified atom stereocenters. The van der Waals surface area contributed by atoms with Crippen LogP contribution < -0.4 is 15.4 Å². The second-order valence-corrected chi connectivity index (χ2v) is 7.84. The molecular weight excluding hydrogens is 302 g/mol. The molecule has 0 saturated carbocycles. The summed E-state index contributed by atoms with van der Waals surface area (Å²) in [6.45, 7) is 7.59. The smallest absolute Gasteiger partial charge is 0.241 e. The van der Waals surface area contributed by atoms with Gasteiger partial charge in [0.15, 0.2) is 0 Å². The van der Waals surface area contributed by atoms with E-state index in [0.717, 1.165) is 0 Å². The molecule has 0 aliphatic rings. The topological polar surface area (TPSA) is 87.3 Å². The molecule has 22 heavy (non-hydrogen) atoms.